The van der Waals surface area contributed by atoms with E-state index in [1.807, 2.05) is 27.7 Å². The van der Waals surface area contributed by atoms with Crippen molar-refractivity contribution in [1.82, 2.24) is 50.7 Å². The number of likely N-dealkylation sites (N-methyl/N-ethyl adjacent to an activating group) is 5. The molecule has 5 N–H and O–H groups in total. The number of Topliss-reactive ketones (excluding diaryl/α,β-unsaturated/α-hetero) is 2. The molecule has 0 aromatic rings. The van der Waals surface area contributed by atoms with Crippen molar-refractivity contribution in [2.75, 3.05) is 41.8 Å². The molecular weight excluding hydrogens is 1020 g/mol. The smallest absolute Gasteiger partial charge is 0.320 e. The monoisotopic (exact) mass is 1120 g/mol. The number of nitrogens with zero attached hydrogens (tertiary/aromatic N) is 6. The van der Waals surface area contributed by atoms with Crippen LogP contribution < -0.4 is 21.3 Å². The molecule has 0 aromatic carbocycles. The van der Waals surface area contributed by atoms with E-state index in [4.69, 9.17) is 0 Å². The lowest BCUT2D eigenvalue weighted by atomic mass is 9.86. The highest BCUT2D eigenvalue weighted by molar-refractivity contribution is 6.00. The van der Waals surface area contributed by atoms with E-state index in [9.17, 15) is 57.8 Å². The van der Waals surface area contributed by atoms with Gasteiger partial charge in [-0.1, -0.05) is 95.2 Å². The van der Waals surface area contributed by atoms with Crippen LogP contribution in [0.1, 0.15) is 143 Å². The Kier molecular flexibility index (Phi) is 28.6. The van der Waals surface area contributed by atoms with E-state index in [-0.39, 0.29) is 31.1 Å². The second-order valence-electron chi connectivity index (χ2n) is 23.5. The molecule has 450 valence electrons. The summed E-state index contributed by atoms with van der Waals surface area (Å²) >= 11 is 0. The minimum atomic E-state index is -1.58. The number of hydrogen-bond donors (Lipinski definition) is 5. The Hall–Kier alpha value is -5.93. The first kappa shape index (κ1) is 71.1. The molecule has 0 radical (unpaired) electrons. The fourth-order valence-corrected chi connectivity index (χ4v) is 9.69. The summed E-state index contributed by atoms with van der Waals surface area (Å²) in [6.45, 7) is 27.7. The van der Waals surface area contributed by atoms with Crippen LogP contribution in [0.25, 0.3) is 0 Å². The average molecular weight is 1120 g/mol. The van der Waals surface area contributed by atoms with Crippen LogP contribution in [0, 0.1) is 41.4 Å². The van der Waals surface area contributed by atoms with Crippen LogP contribution in [0.3, 0.4) is 0 Å². The topological polar surface area (TPSA) is 276 Å². The van der Waals surface area contributed by atoms with Crippen molar-refractivity contribution in [1.29, 1.82) is 0 Å². The highest BCUT2D eigenvalue weighted by atomic mass is 16.3. The van der Waals surface area contributed by atoms with Gasteiger partial charge in [-0.15, -0.1) is 0 Å². The number of aliphatic hydroxyl groups is 1. The van der Waals surface area contributed by atoms with Gasteiger partial charge in [-0.2, -0.15) is 0 Å². The van der Waals surface area contributed by atoms with E-state index in [2.05, 4.69) is 21.3 Å². The average Bonchev–Trinajstić information content (AvgIpc) is 3.38. The van der Waals surface area contributed by atoms with Crippen molar-refractivity contribution < 1.29 is 57.8 Å². The summed E-state index contributed by atoms with van der Waals surface area (Å²) in [6.07, 6.45) is 2.63. The van der Waals surface area contributed by atoms with Gasteiger partial charge in [0.25, 0.3) is 0 Å². The lowest BCUT2D eigenvalue weighted by Crippen LogP contribution is -2.62. The Morgan fingerprint density at radius 3 is 1.54 bits per heavy atom. The number of urea groups is 1. The number of ketones is 2. The van der Waals surface area contributed by atoms with Crippen molar-refractivity contribution in [2.24, 2.45) is 41.4 Å². The zero-order valence-electron chi connectivity index (χ0n) is 51.6. The van der Waals surface area contributed by atoms with Gasteiger partial charge in [0.2, 0.25) is 47.3 Å². The van der Waals surface area contributed by atoms with Crippen LogP contribution in [-0.2, 0) is 47.9 Å². The SMILES string of the molecule is C/C=C/CC(C)C(O)N1C(=O)NC(CC)C(=O)N(C)CC(=O)N(C)C(CC(C)C)C(=O)NC(C(C)C)C(=O)N(C)C(CC(C)C)C(=O)NC(C)C(=O)NC(C)C(=O)N(C)C(C)C(=O)C(C)C(C)C(=O)N(C)C(C(C)C)C(=O)C1C. The first-order valence-electron chi connectivity index (χ1n) is 28.1. The Morgan fingerprint density at radius 1 is 0.557 bits per heavy atom. The molecule has 1 aliphatic rings. The third-order valence-corrected chi connectivity index (χ3v) is 15.4. The second-order valence-corrected chi connectivity index (χ2v) is 23.5. The normalized spacial score (nSPS) is 28.8. The molecule has 1 aliphatic heterocycles. The number of nitrogens with one attached hydrogen (secondary N) is 4. The number of aliphatic hydroxyl groups excluding tert-OH is 1. The molecule has 13 atom stereocenters. The van der Waals surface area contributed by atoms with Gasteiger partial charge in [-0.05, 0) is 84.0 Å². The van der Waals surface area contributed by atoms with Crippen LogP contribution in [0.15, 0.2) is 12.2 Å². The van der Waals surface area contributed by atoms with Crippen LogP contribution in [0.2, 0.25) is 0 Å². The summed E-state index contributed by atoms with van der Waals surface area (Å²) in [7, 11) is 7.01. The van der Waals surface area contributed by atoms with Gasteiger partial charge < -0.3 is 50.9 Å². The number of rotatable bonds is 11. The molecule has 0 aliphatic carbocycles. The van der Waals surface area contributed by atoms with Crippen molar-refractivity contribution in [3.8, 4) is 0 Å². The molecule has 0 saturated carbocycles. The Morgan fingerprint density at radius 2 is 1.06 bits per heavy atom. The zero-order valence-corrected chi connectivity index (χ0v) is 51.6. The highest BCUT2D eigenvalue weighted by Gasteiger charge is 2.44. The van der Waals surface area contributed by atoms with Gasteiger partial charge in [0.05, 0.1) is 24.7 Å². The first-order valence-corrected chi connectivity index (χ1v) is 28.1. The van der Waals surface area contributed by atoms with Crippen molar-refractivity contribution in [3.63, 3.8) is 0 Å². The van der Waals surface area contributed by atoms with Crippen molar-refractivity contribution in [3.05, 3.63) is 12.2 Å². The molecule has 79 heavy (non-hydrogen) atoms. The number of allylic oxidation sites excluding steroid dienone is 2. The zero-order chi connectivity index (χ0) is 61.4. The van der Waals surface area contributed by atoms with E-state index < -0.39 is 162 Å². The maximum absolute atomic E-state index is 14.8. The van der Waals surface area contributed by atoms with E-state index in [1.165, 1.54) is 91.5 Å². The molecule has 22 nitrogen and oxygen atoms in total. The minimum absolute atomic E-state index is 0.0206. The van der Waals surface area contributed by atoms with Gasteiger partial charge in [-0.3, -0.25) is 52.8 Å². The van der Waals surface area contributed by atoms with Crippen LogP contribution in [0.5, 0.6) is 0 Å². The van der Waals surface area contributed by atoms with E-state index in [0.29, 0.717) is 6.42 Å². The minimum Gasteiger partial charge on any atom is -0.373 e. The number of amides is 10. The summed E-state index contributed by atoms with van der Waals surface area (Å²) < 4.78 is 0. The molecule has 0 aromatic heterocycles. The van der Waals surface area contributed by atoms with Gasteiger partial charge in [-0.25, -0.2) is 4.79 Å². The highest BCUT2D eigenvalue weighted by Crippen LogP contribution is 2.26. The van der Waals surface area contributed by atoms with Gasteiger partial charge in [0.15, 0.2) is 11.6 Å². The summed E-state index contributed by atoms with van der Waals surface area (Å²) in [5, 5.41) is 22.7. The van der Waals surface area contributed by atoms with Crippen LogP contribution >= 0.6 is 0 Å². The lowest BCUT2D eigenvalue weighted by molar-refractivity contribution is -0.149. The molecule has 1 heterocycles. The molecule has 22 heteroatoms. The van der Waals surface area contributed by atoms with E-state index in [1.54, 1.807) is 60.6 Å². The molecule has 1 saturated heterocycles. The number of carbonyl (C=O) groups excluding carboxylic acids is 11. The largest absolute Gasteiger partial charge is 0.373 e. The standard InChI is InChI=1S/C57H100N10O12/c1-23-25-26-34(11)52(74)67-40(17)48(70)46(33(9)10)66(22)53(75)36(13)35(12)47(69)39(16)63(19)54(76)38(15)59-49(71)37(14)58-50(72)43(28-31(5)6)65(21)56(78)45(32(7)8)61-51(73)42(27-30(3)4)64(20)44(68)29-62(18)55(77)41(24-2)60-57(67)79/h23,25,30-43,45-46,52,74H,24,26-29H2,1-22H3,(H,58,72)(H,59,71)(H,60,79)(H,61,73)/b25-23+. The molecule has 13 unspecified atom stereocenters. The predicted molar refractivity (Wildman–Crippen MR) is 302 cm³/mol. The van der Waals surface area contributed by atoms with E-state index >= 15 is 0 Å². The van der Waals surface area contributed by atoms with Gasteiger partial charge >= 0.3 is 6.03 Å². The molecule has 10 amide bonds. The fourth-order valence-electron chi connectivity index (χ4n) is 9.69. The van der Waals surface area contributed by atoms with Crippen LogP contribution in [-0.4, -0.2) is 202 Å². The maximum atomic E-state index is 14.8. The predicted octanol–water partition coefficient (Wildman–Crippen LogP) is 3.19. The second kappa shape index (κ2) is 31.8. The Labute approximate surface area is 471 Å². The summed E-state index contributed by atoms with van der Waals surface area (Å²) in [5.74, 6) is -10.3. The lowest BCUT2D eigenvalue weighted by Gasteiger charge is -2.40. The Balaban J connectivity index is 4.11. The van der Waals surface area contributed by atoms with Crippen molar-refractivity contribution >= 4 is 64.9 Å². The molecular formula is C57H100N10O12. The Bertz CT molecular complexity index is 2180. The molecule has 0 bridgehead atoms. The van der Waals surface area contributed by atoms with Crippen LogP contribution in [0.4, 0.5) is 4.79 Å². The summed E-state index contributed by atoms with van der Waals surface area (Å²) in [6, 6.07) is -11.7. The number of hydrogen-bond acceptors (Lipinski definition) is 12. The number of carbonyl (C=O) groups is 11. The van der Waals surface area contributed by atoms with Gasteiger partial charge in [0, 0.05) is 53.0 Å². The van der Waals surface area contributed by atoms with Gasteiger partial charge in [0.1, 0.15) is 42.5 Å². The maximum Gasteiger partial charge on any atom is 0.320 e. The first-order chi connectivity index (χ1) is 36.4. The summed E-state index contributed by atoms with van der Waals surface area (Å²) in [4.78, 5) is 164. The third kappa shape index (κ3) is 19.1. The molecule has 1 rings (SSSR count). The van der Waals surface area contributed by atoms with Crippen molar-refractivity contribution in [2.45, 2.75) is 204 Å². The fraction of sp³-hybridized carbons (Fsp3) is 0.772. The quantitative estimate of drug-likeness (QED) is 0.187. The molecule has 0 spiro atoms. The van der Waals surface area contributed by atoms with E-state index in [0.717, 1.165) is 14.7 Å². The third-order valence-electron chi connectivity index (χ3n) is 15.4. The molecule has 1 fully saturated rings. The summed E-state index contributed by atoms with van der Waals surface area (Å²) in [5.41, 5.74) is 0.